The van der Waals surface area contributed by atoms with Gasteiger partial charge in [-0.1, -0.05) is 204 Å². The molecule has 2 aliphatic carbocycles. The molecule has 0 saturated heterocycles. The molecule has 4 nitrogen and oxygen atoms in total. The average Bonchev–Trinajstić information content (AvgIpc) is 3.60. The highest BCUT2D eigenvalue weighted by molar-refractivity contribution is 5.65. The van der Waals surface area contributed by atoms with E-state index in [1.807, 2.05) is 100 Å². The van der Waals surface area contributed by atoms with Gasteiger partial charge in [-0.25, -0.2) is 0 Å². The molecule has 0 aliphatic heterocycles. The molecule has 0 heterocycles. The Balaban J connectivity index is 0. The molecule has 2 aliphatic rings. The predicted molar refractivity (Wildman–Crippen MR) is 295 cm³/mol. The van der Waals surface area contributed by atoms with E-state index in [9.17, 15) is 0 Å². The number of allylic oxidation sites excluding steroid dienone is 8. The Morgan fingerprint density at radius 3 is 1.86 bits per heavy atom. The molecule has 366 valence electrons. The Hall–Kier alpha value is -4.74. The number of hydrogen-bond acceptors (Lipinski definition) is 4. The lowest BCUT2D eigenvalue weighted by molar-refractivity contribution is 0.0294. The van der Waals surface area contributed by atoms with E-state index >= 15 is 0 Å². The van der Waals surface area contributed by atoms with Crippen molar-refractivity contribution < 1.29 is 18.9 Å². The summed E-state index contributed by atoms with van der Waals surface area (Å²) in [5, 5.41) is 0. The minimum atomic E-state index is -0.241. The van der Waals surface area contributed by atoms with Gasteiger partial charge in [-0.05, 0) is 116 Å². The molecule has 0 radical (unpaired) electrons. The summed E-state index contributed by atoms with van der Waals surface area (Å²) in [6, 6.07) is 23.6. The van der Waals surface area contributed by atoms with Crippen molar-refractivity contribution in [1.29, 1.82) is 0 Å². The van der Waals surface area contributed by atoms with Crippen LogP contribution >= 0.6 is 0 Å². The molecule has 4 heteroatoms. The van der Waals surface area contributed by atoms with E-state index in [1.165, 1.54) is 45.4 Å². The summed E-state index contributed by atoms with van der Waals surface area (Å²) in [6.07, 6.45) is 23.0. The van der Waals surface area contributed by atoms with Gasteiger partial charge in [0.2, 0.25) is 0 Å². The van der Waals surface area contributed by atoms with Gasteiger partial charge >= 0.3 is 0 Å². The molecule has 66 heavy (non-hydrogen) atoms. The van der Waals surface area contributed by atoms with E-state index < -0.39 is 0 Å². The second kappa shape index (κ2) is 40.5. The Bertz CT molecular complexity index is 1850. The van der Waals surface area contributed by atoms with Crippen LogP contribution in [0.15, 0.2) is 152 Å². The first-order chi connectivity index (χ1) is 32.2. The van der Waals surface area contributed by atoms with Crippen LogP contribution in [0.5, 0.6) is 5.75 Å². The molecule has 5 rings (SSSR count). The van der Waals surface area contributed by atoms with Crippen molar-refractivity contribution in [1.82, 2.24) is 0 Å². The maximum atomic E-state index is 6.25. The van der Waals surface area contributed by atoms with Gasteiger partial charge in [-0.15, -0.1) is 13.2 Å². The van der Waals surface area contributed by atoms with Crippen LogP contribution < -0.4 is 4.74 Å². The van der Waals surface area contributed by atoms with Crippen LogP contribution in [-0.4, -0.2) is 39.1 Å². The predicted octanol–water partition coefficient (Wildman–Crippen LogP) is 18.0. The fourth-order valence-corrected chi connectivity index (χ4v) is 7.14. The third-order valence-corrected chi connectivity index (χ3v) is 10.3. The van der Waals surface area contributed by atoms with E-state index in [1.54, 1.807) is 6.08 Å². The molecule has 0 aromatic heterocycles. The number of benzene rings is 3. The molecule has 0 N–H and O–H groups in total. The lowest BCUT2D eigenvalue weighted by Gasteiger charge is -2.35. The van der Waals surface area contributed by atoms with Crippen LogP contribution in [-0.2, 0) is 32.7 Å². The van der Waals surface area contributed by atoms with Gasteiger partial charge < -0.3 is 18.9 Å². The smallest absolute Gasteiger partial charge is 0.119 e. The largest absolute Gasteiger partial charge is 0.491 e. The normalized spacial score (nSPS) is 14.2. The van der Waals surface area contributed by atoms with Crippen LogP contribution in [0, 0.1) is 6.92 Å². The van der Waals surface area contributed by atoms with Crippen molar-refractivity contribution in [2.24, 2.45) is 0 Å². The summed E-state index contributed by atoms with van der Waals surface area (Å²) in [5.41, 5.74) is 12.2. The van der Waals surface area contributed by atoms with Crippen molar-refractivity contribution in [2.45, 2.75) is 154 Å². The summed E-state index contributed by atoms with van der Waals surface area (Å²) in [7, 11) is 0. The standard InChI is InChI=1S/C49H58O4.C3H6.5C2H6/c1-7-10-40-11-9-12-42(18-15-40)35-50-29-32-53-47-26-21-44(22-27-47)49(6,45-23-28-48(37(3)4)38(5)33-45)34-41-19-24-46(25-20-41)52-31-30-51-36-43-16-13-39(8-2)14-17-43;1-3-2;5*1-2/h7-8,13-26,28,33,47H,1-3,9-12,27,29-32,34-36H2,4-6H3;3H,1H2,2H3;5*1-2H3. The van der Waals surface area contributed by atoms with Crippen LogP contribution in [0.25, 0.3) is 11.6 Å². The summed E-state index contributed by atoms with van der Waals surface area (Å²) >= 11 is 0. The minimum Gasteiger partial charge on any atom is -0.491 e. The maximum absolute atomic E-state index is 6.25. The highest BCUT2D eigenvalue weighted by Crippen LogP contribution is 2.40. The summed E-state index contributed by atoms with van der Waals surface area (Å²) in [5.74, 6) is 0.845. The molecule has 2 atom stereocenters. The van der Waals surface area contributed by atoms with E-state index in [-0.39, 0.29) is 11.5 Å². The molecule has 2 unspecified atom stereocenters. The third kappa shape index (κ3) is 24.2. The molecule has 0 spiro atoms. The average molecular weight is 903 g/mol. The lowest BCUT2D eigenvalue weighted by atomic mass is 9.69. The summed E-state index contributed by atoms with van der Waals surface area (Å²) in [4.78, 5) is 0. The van der Waals surface area contributed by atoms with Crippen LogP contribution in [0.1, 0.15) is 155 Å². The maximum Gasteiger partial charge on any atom is 0.119 e. The first-order valence-corrected chi connectivity index (χ1v) is 25.1. The van der Waals surface area contributed by atoms with E-state index in [0.29, 0.717) is 39.6 Å². The Kier molecular flexibility index (Phi) is 38.9. The van der Waals surface area contributed by atoms with Crippen molar-refractivity contribution in [2.75, 3.05) is 33.0 Å². The van der Waals surface area contributed by atoms with E-state index in [2.05, 4.69) is 132 Å². The van der Waals surface area contributed by atoms with Crippen molar-refractivity contribution in [3.05, 3.63) is 186 Å². The fourth-order valence-electron chi connectivity index (χ4n) is 7.14. The van der Waals surface area contributed by atoms with Crippen LogP contribution in [0.4, 0.5) is 0 Å². The summed E-state index contributed by atoms with van der Waals surface area (Å²) in [6.45, 7) is 47.2. The second-order valence-corrected chi connectivity index (χ2v) is 14.9. The van der Waals surface area contributed by atoms with E-state index in [0.717, 1.165) is 54.6 Å². The number of aryl methyl sites for hydroxylation is 1. The van der Waals surface area contributed by atoms with Gasteiger partial charge in [0.1, 0.15) is 12.4 Å². The van der Waals surface area contributed by atoms with Gasteiger partial charge in [0, 0.05) is 5.41 Å². The summed E-state index contributed by atoms with van der Waals surface area (Å²) < 4.78 is 24.1. The lowest BCUT2D eigenvalue weighted by Crippen LogP contribution is -2.29. The zero-order chi connectivity index (χ0) is 50.2. The first-order valence-electron chi connectivity index (χ1n) is 25.1. The highest BCUT2D eigenvalue weighted by atomic mass is 16.5. The zero-order valence-corrected chi connectivity index (χ0v) is 44.5. The van der Waals surface area contributed by atoms with E-state index in [4.69, 9.17) is 18.9 Å². The van der Waals surface area contributed by atoms with Crippen molar-refractivity contribution in [3.8, 4) is 5.75 Å². The van der Waals surface area contributed by atoms with Crippen molar-refractivity contribution >= 4 is 11.6 Å². The molecular formula is C62H94O4. The number of hydrogen-bond donors (Lipinski definition) is 0. The zero-order valence-electron chi connectivity index (χ0n) is 44.5. The van der Waals surface area contributed by atoms with Gasteiger partial charge in [0.25, 0.3) is 0 Å². The highest BCUT2D eigenvalue weighted by Gasteiger charge is 2.32. The molecular weight excluding hydrogens is 809 g/mol. The fraction of sp³-hybridized carbons (Fsp3) is 0.452. The second-order valence-electron chi connectivity index (χ2n) is 14.9. The number of ether oxygens (including phenoxy) is 4. The molecule has 3 aromatic rings. The van der Waals surface area contributed by atoms with Crippen LogP contribution in [0.2, 0.25) is 0 Å². The Labute approximate surface area is 407 Å². The molecule has 0 fully saturated rings. The number of rotatable bonds is 20. The Morgan fingerprint density at radius 1 is 0.727 bits per heavy atom. The quantitative estimate of drug-likeness (QED) is 0.0836. The molecule has 0 saturated carbocycles. The first kappa shape index (κ1) is 63.3. The van der Waals surface area contributed by atoms with Gasteiger partial charge in [0.05, 0.1) is 39.1 Å². The van der Waals surface area contributed by atoms with Gasteiger partial charge in [0.15, 0.2) is 0 Å². The Morgan fingerprint density at radius 2 is 1.30 bits per heavy atom. The van der Waals surface area contributed by atoms with Gasteiger partial charge in [-0.3, -0.25) is 0 Å². The third-order valence-electron chi connectivity index (χ3n) is 10.3. The monoisotopic (exact) mass is 903 g/mol. The minimum absolute atomic E-state index is 0.0406. The SMILES string of the molecule is C=CC.C=CCC1=CC=C(COCCOC2C=CC(C(C)(Cc3ccc(OCCOCc4ccc(C=C)cc4)cc3)c3ccc(C(=C)C)c(C)c3)=CC2)CCC1.CC.CC.CC.CC.CC. The topological polar surface area (TPSA) is 36.9 Å². The molecule has 0 bridgehead atoms. The van der Waals surface area contributed by atoms with Crippen molar-refractivity contribution in [3.63, 3.8) is 0 Å². The van der Waals surface area contributed by atoms with Gasteiger partial charge in [-0.2, -0.15) is 0 Å². The molecule has 3 aromatic carbocycles. The molecule has 0 amide bonds. The van der Waals surface area contributed by atoms with Crippen LogP contribution in [0.3, 0.4) is 0 Å².